The van der Waals surface area contributed by atoms with Crippen molar-refractivity contribution in [2.24, 2.45) is 5.92 Å². The molecule has 0 fully saturated rings. The van der Waals surface area contributed by atoms with Crippen molar-refractivity contribution in [2.45, 2.75) is 26.4 Å². The highest BCUT2D eigenvalue weighted by Crippen LogP contribution is 2.25. The molecule has 2 atom stereocenters. The number of rotatable bonds is 6. The zero-order valence-electron chi connectivity index (χ0n) is 12.0. The SMILES string of the molecule is CCN(CC(C)C#N)C(=O)CC(O)c1cc(Cl)cc(Cl)c1. The van der Waals surface area contributed by atoms with Crippen LogP contribution in [0.4, 0.5) is 0 Å². The summed E-state index contributed by atoms with van der Waals surface area (Å²) in [4.78, 5) is 13.7. The zero-order valence-corrected chi connectivity index (χ0v) is 13.5. The van der Waals surface area contributed by atoms with Gasteiger partial charge in [0.15, 0.2) is 0 Å². The first-order valence-corrected chi connectivity index (χ1v) is 7.44. The Bertz CT molecular complexity index is 523. The number of benzene rings is 1. The lowest BCUT2D eigenvalue weighted by molar-refractivity contribution is -0.133. The lowest BCUT2D eigenvalue weighted by Crippen LogP contribution is -2.35. The fourth-order valence-electron chi connectivity index (χ4n) is 1.96. The van der Waals surface area contributed by atoms with E-state index in [9.17, 15) is 9.90 Å². The van der Waals surface area contributed by atoms with Crippen molar-refractivity contribution in [3.8, 4) is 6.07 Å². The molecule has 0 aliphatic carbocycles. The van der Waals surface area contributed by atoms with Gasteiger partial charge in [-0.2, -0.15) is 5.26 Å². The van der Waals surface area contributed by atoms with Crippen molar-refractivity contribution in [1.29, 1.82) is 5.26 Å². The molecule has 0 saturated heterocycles. The van der Waals surface area contributed by atoms with Gasteiger partial charge in [-0.15, -0.1) is 0 Å². The molecule has 1 aromatic rings. The molecule has 0 radical (unpaired) electrons. The summed E-state index contributed by atoms with van der Waals surface area (Å²) in [6.07, 6.45) is -1.04. The van der Waals surface area contributed by atoms with Gasteiger partial charge in [0.25, 0.3) is 0 Å². The summed E-state index contributed by atoms with van der Waals surface area (Å²) in [6, 6.07) is 6.82. The van der Waals surface area contributed by atoms with Crippen LogP contribution >= 0.6 is 23.2 Å². The Hall–Kier alpha value is -1.28. The van der Waals surface area contributed by atoms with Crippen LogP contribution in [0.3, 0.4) is 0 Å². The molecule has 6 heteroatoms. The first kappa shape index (κ1) is 17.8. The summed E-state index contributed by atoms with van der Waals surface area (Å²) in [5.41, 5.74) is 0.505. The molecule has 0 saturated carbocycles. The Morgan fingerprint density at radius 2 is 1.95 bits per heavy atom. The van der Waals surface area contributed by atoms with Gasteiger partial charge >= 0.3 is 0 Å². The minimum Gasteiger partial charge on any atom is -0.388 e. The van der Waals surface area contributed by atoms with E-state index >= 15 is 0 Å². The number of halogens is 2. The molecule has 2 unspecified atom stereocenters. The first-order chi connectivity index (χ1) is 9.87. The summed E-state index contributed by atoms with van der Waals surface area (Å²) >= 11 is 11.8. The zero-order chi connectivity index (χ0) is 16.0. The van der Waals surface area contributed by atoms with Crippen LogP contribution in [-0.2, 0) is 4.79 Å². The van der Waals surface area contributed by atoms with Crippen molar-refractivity contribution in [3.05, 3.63) is 33.8 Å². The topological polar surface area (TPSA) is 64.3 Å². The summed E-state index contributed by atoms with van der Waals surface area (Å²) in [6.45, 7) is 4.44. The van der Waals surface area contributed by atoms with Crippen LogP contribution in [0.25, 0.3) is 0 Å². The third-order valence-corrected chi connectivity index (χ3v) is 3.52. The second-order valence-electron chi connectivity index (χ2n) is 4.89. The van der Waals surface area contributed by atoms with Gasteiger partial charge in [-0.25, -0.2) is 0 Å². The molecule has 4 nitrogen and oxygen atoms in total. The van der Waals surface area contributed by atoms with Crippen LogP contribution in [0.15, 0.2) is 18.2 Å². The summed E-state index contributed by atoms with van der Waals surface area (Å²) in [7, 11) is 0. The van der Waals surface area contributed by atoms with E-state index in [-0.39, 0.29) is 18.2 Å². The van der Waals surface area contributed by atoms with Crippen LogP contribution in [0.5, 0.6) is 0 Å². The molecule has 1 N–H and O–H groups in total. The van der Waals surface area contributed by atoms with Gasteiger partial charge in [-0.1, -0.05) is 23.2 Å². The van der Waals surface area contributed by atoms with Gasteiger partial charge in [-0.05, 0) is 37.6 Å². The monoisotopic (exact) mass is 328 g/mol. The number of hydrogen-bond acceptors (Lipinski definition) is 3. The average molecular weight is 329 g/mol. The van der Waals surface area contributed by atoms with Crippen LogP contribution in [0.1, 0.15) is 31.9 Å². The molecule has 1 rings (SSSR count). The van der Waals surface area contributed by atoms with E-state index in [4.69, 9.17) is 28.5 Å². The Morgan fingerprint density at radius 1 is 1.38 bits per heavy atom. The third-order valence-electron chi connectivity index (χ3n) is 3.09. The molecule has 0 spiro atoms. The fraction of sp³-hybridized carbons (Fsp3) is 0.467. The number of nitriles is 1. The molecule has 21 heavy (non-hydrogen) atoms. The number of amides is 1. The van der Waals surface area contributed by atoms with E-state index in [0.29, 0.717) is 28.7 Å². The molecular formula is C15H18Cl2N2O2. The predicted octanol–water partition coefficient (Wildman–Crippen LogP) is 3.43. The van der Waals surface area contributed by atoms with E-state index in [1.165, 1.54) is 0 Å². The van der Waals surface area contributed by atoms with E-state index in [1.54, 1.807) is 30.0 Å². The molecular weight excluding hydrogens is 311 g/mol. The maximum Gasteiger partial charge on any atom is 0.225 e. The van der Waals surface area contributed by atoms with Crippen molar-refractivity contribution >= 4 is 29.1 Å². The van der Waals surface area contributed by atoms with Crippen molar-refractivity contribution in [1.82, 2.24) is 4.90 Å². The molecule has 0 bridgehead atoms. The van der Waals surface area contributed by atoms with Gasteiger partial charge in [0.2, 0.25) is 5.91 Å². The van der Waals surface area contributed by atoms with Gasteiger partial charge in [0, 0.05) is 23.1 Å². The largest absolute Gasteiger partial charge is 0.388 e. The number of nitrogens with zero attached hydrogens (tertiary/aromatic N) is 2. The van der Waals surface area contributed by atoms with E-state index in [0.717, 1.165) is 0 Å². The molecule has 1 aromatic carbocycles. The first-order valence-electron chi connectivity index (χ1n) is 6.68. The molecule has 0 aliphatic rings. The average Bonchev–Trinajstić information content (AvgIpc) is 2.43. The third kappa shape index (κ3) is 5.55. The Balaban J connectivity index is 2.74. The fourth-order valence-corrected chi connectivity index (χ4v) is 2.50. The number of carbonyl (C=O) groups is 1. The predicted molar refractivity (Wildman–Crippen MR) is 83.1 cm³/mol. The lowest BCUT2D eigenvalue weighted by Gasteiger charge is -2.23. The summed E-state index contributed by atoms with van der Waals surface area (Å²) < 4.78 is 0. The van der Waals surface area contributed by atoms with Crippen LogP contribution in [0.2, 0.25) is 10.0 Å². The second-order valence-corrected chi connectivity index (χ2v) is 5.76. The standard InChI is InChI=1S/C15H18Cl2N2O2/c1-3-19(9-10(2)8-18)15(21)7-14(20)11-4-12(16)6-13(17)5-11/h4-6,10,14,20H,3,7,9H2,1-2H3. The Morgan fingerprint density at radius 3 is 2.43 bits per heavy atom. The number of aliphatic hydroxyl groups is 1. The Kier molecular flexibility index (Phi) is 6.97. The minimum absolute atomic E-state index is 0.0668. The van der Waals surface area contributed by atoms with Crippen LogP contribution < -0.4 is 0 Å². The summed E-state index contributed by atoms with van der Waals surface area (Å²) in [5, 5.41) is 19.8. The Labute approximate surface area is 134 Å². The van der Waals surface area contributed by atoms with Crippen LogP contribution in [0, 0.1) is 17.2 Å². The van der Waals surface area contributed by atoms with E-state index < -0.39 is 6.10 Å². The van der Waals surface area contributed by atoms with Gasteiger partial charge < -0.3 is 10.0 Å². The molecule has 114 valence electrons. The highest BCUT2D eigenvalue weighted by atomic mass is 35.5. The van der Waals surface area contributed by atoms with Gasteiger partial charge in [0.1, 0.15) is 0 Å². The highest BCUT2D eigenvalue weighted by Gasteiger charge is 2.20. The lowest BCUT2D eigenvalue weighted by atomic mass is 10.1. The number of aliphatic hydroxyl groups excluding tert-OH is 1. The quantitative estimate of drug-likeness (QED) is 0.870. The van der Waals surface area contributed by atoms with Gasteiger partial charge in [-0.3, -0.25) is 4.79 Å². The normalized spacial score (nSPS) is 13.3. The minimum atomic E-state index is -0.972. The maximum absolute atomic E-state index is 12.2. The van der Waals surface area contributed by atoms with Crippen molar-refractivity contribution in [2.75, 3.05) is 13.1 Å². The summed E-state index contributed by atoms with van der Waals surface area (Å²) in [5.74, 6) is -0.449. The van der Waals surface area contributed by atoms with Gasteiger partial charge in [0.05, 0.1) is 24.5 Å². The maximum atomic E-state index is 12.2. The molecule has 0 aromatic heterocycles. The van der Waals surface area contributed by atoms with Crippen molar-refractivity contribution in [3.63, 3.8) is 0 Å². The molecule has 0 heterocycles. The van der Waals surface area contributed by atoms with E-state index in [2.05, 4.69) is 6.07 Å². The number of hydrogen-bond donors (Lipinski definition) is 1. The van der Waals surface area contributed by atoms with E-state index in [1.807, 2.05) is 6.92 Å². The van der Waals surface area contributed by atoms with Crippen molar-refractivity contribution < 1.29 is 9.90 Å². The highest BCUT2D eigenvalue weighted by molar-refractivity contribution is 6.34. The smallest absolute Gasteiger partial charge is 0.225 e. The van der Waals surface area contributed by atoms with Crippen LogP contribution in [-0.4, -0.2) is 29.0 Å². The molecule has 1 amide bonds. The molecule has 0 aliphatic heterocycles. The second kappa shape index (κ2) is 8.23. The number of carbonyl (C=O) groups excluding carboxylic acids is 1.